The molecule has 0 saturated carbocycles. The molecule has 4 aromatic rings. The van der Waals surface area contributed by atoms with Crippen LogP contribution in [0.25, 0.3) is 16.9 Å². The lowest BCUT2D eigenvalue weighted by atomic mass is 9.99. The van der Waals surface area contributed by atoms with Gasteiger partial charge in [-0.05, 0) is 55.3 Å². The minimum absolute atomic E-state index is 0.127. The third-order valence-corrected chi connectivity index (χ3v) is 8.31. The molecule has 41 heavy (non-hydrogen) atoms. The van der Waals surface area contributed by atoms with Crippen LogP contribution < -0.4 is 10.2 Å². The van der Waals surface area contributed by atoms with Crippen LogP contribution in [0.2, 0.25) is 5.02 Å². The quantitative estimate of drug-likeness (QED) is 0.243. The number of amides is 2. The summed E-state index contributed by atoms with van der Waals surface area (Å²) in [7, 11) is 1.61. The molecule has 1 N–H and O–H groups in total. The molecule has 2 amide bonds. The van der Waals surface area contributed by atoms with Crippen LogP contribution >= 0.6 is 23.4 Å². The average Bonchev–Trinajstić information content (AvgIpc) is 3.29. The number of fused-ring (bicyclic) bond motifs is 1. The van der Waals surface area contributed by atoms with Crippen LogP contribution in [-0.4, -0.2) is 54.2 Å². The van der Waals surface area contributed by atoms with Crippen molar-refractivity contribution in [3.05, 3.63) is 100 Å². The Morgan fingerprint density at radius 3 is 2.49 bits per heavy atom. The number of aromatic nitrogens is 2. The van der Waals surface area contributed by atoms with Gasteiger partial charge in [0.05, 0.1) is 22.4 Å². The number of aryl methyl sites for hydroxylation is 1. The Morgan fingerprint density at radius 1 is 1.10 bits per heavy atom. The first-order chi connectivity index (χ1) is 19.9. The van der Waals surface area contributed by atoms with Crippen molar-refractivity contribution in [2.75, 3.05) is 37.5 Å². The Balaban J connectivity index is 1.71. The zero-order chi connectivity index (χ0) is 28.9. The summed E-state index contributed by atoms with van der Waals surface area (Å²) in [5, 5.41) is 8.18. The van der Waals surface area contributed by atoms with Crippen molar-refractivity contribution >= 4 is 41.0 Å². The molecule has 2 heterocycles. The minimum Gasteiger partial charge on any atom is -0.385 e. The molecule has 0 fully saturated rings. The van der Waals surface area contributed by atoms with Gasteiger partial charge >= 0.3 is 0 Å². The van der Waals surface area contributed by atoms with Crippen LogP contribution in [0.15, 0.2) is 72.8 Å². The van der Waals surface area contributed by atoms with Crippen molar-refractivity contribution in [1.82, 2.24) is 15.1 Å². The molecule has 1 aromatic heterocycles. The van der Waals surface area contributed by atoms with Gasteiger partial charge in [-0.3, -0.25) is 14.5 Å². The van der Waals surface area contributed by atoms with E-state index in [9.17, 15) is 14.0 Å². The molecular formula is C31H30ClFN4O3S. The molecule has 0 aliphatic carbocycles. The number of benzene rings is 3. The second-order valence-corrected chi connectivity index (χ2v) is 11.3. The van der Waals surface area contributed by atoms with E-state index >= 15 is 0 Å². The fourth-order valence-electron chi connectivity index (χ4n) is 4.75. The highest BCUT2D eigenvalue weighted by Gasteiger charge is 2.37. The number of nitrogens with zero attached hydrogens (tertiary/aromatic N) is 3. The monoisotopic (exact) mass is 592 g/mol. The SMILES string of the molecule is COCCCNC(=O)CN1C(=O)CS[C@H](c2ccc(F)cc2)c2c(-c3ccc(Cl)cc3)nn(-c3ccc(C)cc3)c21. The largest absolute Gasteiger partial charge is 0.385 e. The highest BCUT2D eigenvalue weighted by molar-refractivity contribution is 8.00. The molecule has 10 heteroatoms. The predicted molar refractivity (Wildman–Crippen MR) is 161 cm³/mol. The van der Waals surface area contributed by atoms with Crippen molar-refractivity contribution < 1.29 is 18.7 Å². The van der Waals surface area contributed by atoms with Gasteiger partial charge in [0.25, 0.3) is 0 Å². The van der Waals surface area contributed by atoms with Crippen LogP contribution in [-0.2, 0) is 14.3 Å². The number of anilines is 1. The molecule has 7 nitrogen and oxygen atoms in total. The van der Waals surface area contributed by atoms with Crippen LogP contribution in [0.3, 0.4) is 0 Å². The number of rotatable bonds is 9. The van der Waals surface area contributed by atoms with Crippen molar-refractivity contribution in [2.45, 2.75) is 18.6 Å². The van der Waals surface area contributed by atoms with E-state index in [1.54, 1.807) is 36.1 Å². The number of ether oxygens (including phenoxy) is 1. The zero-order valence-electron chi connectivity index (χ0n) is 22.8. The third-order valence-electron chi connectivity index (χ3n) is 6.81. The standard InChI is InChI=1S/C31H30ClFN4O3S/c1-20-4-14-25(15-5-20)37-31-28(29(35-37)21-6-10-23(32)11-7-21)30(22-8-12-24(33)13-9-22)41-19-27(39)36(31)18-26(38)34-16-3-17-40-2/h4-15,30H,3,16-19H2,1-2H3,(H,34,38)/t30-/m1/s1. The molecule has 0 bridgehead atoms. The summed E-state index contributed by atoms with van der Waals surface area (Å²) in [4.78, 5) is 28.4. The normalized spacial score (nSPS) is 15.0. The Morgan fingerprint density at radius 2 is 1.80 bits per heavy atom. The maximum atomic E-state index is 13.9. The lowest BCUT2D eigenvalue weighted by molar-refractivity contribution is -0.122. The molecule has 0 unspecified atom stereocenters. The first-order valence-corrected chi connectivity index (χ1v) is 14.7. The van der Waals surface area contributed by atoms with Crippen LogP contribution in [0.1, 0.15) is 28.4 Å². The molecule has 212 valence electrons. The summed E-state index contributed by atoms with van der Waals surface area (Å²) in [5.41, 5.74) is 4.88. The van der Waals surface area contributed by atoms with Gasteiger partial charge in [0.15, 0.2) is 0 Å². The summed E-state index contributed by atoms with van der Waals surface area (Å²) < 4.78 is 20.7. The number of halogens is 2. The minimum atomic E-state index is -0.353. The lowest BCUT2D eigenvalue weighted by Crippen LogP contribution is -2.42. The van der Waals surface area contributed by atoms with Crippen LogP contribution in [0, 0.1) is 12.7 Å². The van der Waals surface area contributed by atoms with Crippen molar-refractivity contribution in [1.29, 1.82) is 0 Å². The van der Waals surface area contributed by atoms with Gasteiger partial charge in [-0.2, -0.15) is 5.10 Å². The number of thioether (sulfide) groups is 1. The molecule has 5 rings (SSSR count). The van der Waals surface area contributed by atoms with E-state index in [-0.39, 0.29) is 35.2 Å². The van der Waals surface area contributed by atoms with Gasteiger partial charge in [-0.25, -0.2) is 9.07 Å². The topological polar surface area (TPSA) is 76.5 Å². The van der Waals surface area contributed by atoms with Crippen LogP contribution in [0.5, 0.6) is 0 Å². The Hall–Kier alpha value is -3.66. The molecule has 0 radical (unpaired) electrons. The summed E-state index contributed by atoms with van der Waals surface area (Å²) in [6, 6.07) is 21.5. The first-order valence-electron chi connectivity index (χ1n) is 13.2. The second-order valence-electron chi connectivity index (χ2n) is 9.76. The van der Waals surface area contributed by atoms with Crippen molar-refractivity contribution in [3.63, 3.8) is 0 Å². The van der Waals surface area contributed by atoms with E-state index in [0.29, 0.717) is 36.1 Å². The Kier molecular flexibility index (Phi) is 9.07. The lowest BCUT2D eigenvalue weighted by Gasteiger charge is -2.23. The predicted octanol–water partition coefficient (Wildman–Crippen LogP) is 5.96. The number of nitrogens with one attached hydrogen (secondary N) is 1. The van der Waals surface area contributed by atoms with E-state index < -0.39 is 0 Å². The summed E-state index contributed by atoms with van der Waals surface area (Å²) in [6.07, 6.45) is 0.659. The smallest absolute Gasteiger partial charge is 0.240 e. The maximum absolute atomic E-state index is 13.9. The zero-order valence-corrected chi connectivity index (χ0v) is 24.3. The second kappa shape index (κ2) is 12.9. The van der Waals surface area contributed by atoms with E-state index in [4.69, 9.17) is 21.4 Å². The van der Waals surface area contributed by atoms with E-state index in [0.717, 1.165) is 27.9 Å². The van der Waals surface area contributed by atoms with E-state index in [2.05, 4.69) is 5.32 Å². The molecule has 1 aliphatic rings. The molecule has 3 aromatic carbocycles. The Labute approximate surface area is 247 Å². The van der Waals surface area contributed by atoms with Gasteiger partial charge in [0.1, 0.15) is 18.2 Å². The first kappa shape index (κ1) is 28.9. The van der Waals surface area contributed by atoms with Crippen molar-refractivity contribution in [2.24, 2.45) is 0 Å². The van der Waals surface area contributed by atoms with Crippen molar-refractivity contribution in [3.8, 4) is 16.9 Å². The fraction of sp³-hybridized carbons (Fsp3) is 0.258. The fourth-order valence-corrected chi connectivity index (χ4v) is 6.08. The molecule has 1 atom stereocenters. The van der Waals surface area contributed by atoms with Gasteiger partial charge in [-0.1, -0.05) is 53.6 Å². The van der Waals surface area contributed by atoms with Gasteiger partial charge < -0.3 is 10.1 Å². The molecular weight excluding hydrogens is 563 g/mol. The van der Waals surface area contributed by atoms with E-state index in [1.807, 2.05) is 43.3 Å². The average molecular weight is 593 g/mol. The molecule has 0 spiro atoms. The number of methoxy groups -OCH3 is 1. The summed E-state index contributed by atoms with van der Waals surface area (Å²) >= 11 is 7.65. The van der Waals surface area contributed by atoms with E-state index in [1.165, 1.54) is 28.8 Å². The maximum Gasteiger partial charge on any atom is 0.240 e. The number of carbonyl (C=O) groups excluding carboxylic acids is 2. The van der Waals surface area contributed by atoms with Crippen LogP contribution in [0.4, 0.5) is 10.2 Å². The number of carbonyl (C=O) groups is 2. The number of hydrogen-bond acceptors (Lipinski definition) is 5. The summed E-state index contributed by atoms with van der Waals surface area (Å²) in [6.45, 7) is 2.78. The molecule has 1 aliphatic heterocycles. The highest BCUT2D eigenvalue weighted by Crippen LogP contribution is 2.48. The van der Waals surface area contributed by atoms with Gasteiger partial charge in [0.2, 0.25) is 11.8 Å². The Bertz CT molecular complexity index is 1520. The van der Waals surface area contributed by atoms with Gasteiger partial charge in [-0.15, -0.1) is 11.8 Å². The number of hydrogen-bond donors (Lipinski definition) is 1. The third kappa shape index (κ3) is 6.48. The molecule has 0 saturated heterocycles. The highest BCUT2D eigenvalue weighted by atomic mass is 35.5. The summed E-state index contributed by atoms with van der Waals surface area (Å²) in [5.74, 6) is -0.209. The van der Waals surface area contributed by atoms with Gasteiger partial charge in [0, 0.05) is 36.4 Å².